The second-order valence-corrected chi connectivity index (χ2v) is 9.40. The van der Waals surface area contributed by atoms with E-state index in [4.69, 9.17) is 9.52 Å². The fourth-order valence-corrected chi connectivity index (χ4v) is 4.94. The molecule has 0 bridgehead atoms. The summed E-state index contributed by atoms with van der Waals surface area (Å²) in [6.45, 7) is 1.31. The summed E-state index contributed by atoms with van der Waals surface area (Å²) in [5, 5.41) is 0. The zero-order chi connectivity index (χ0) is 16.0. The second-order valence-electron chi connectivity index (χ2n) is 6.02. The lowest BCUT2D eigenvalue weighted by Crippen LogP contribution is -2.57. The van der Waals surface area contributed by atoms with Crippen LogP contribution >= 0.6 is 15.9 Å². The molecule has 3 rings (SSSR count). The Bertz CT molecular complexity index is 713. The van der Waals surface area contributed by atoms with Crippen LogP contribution in [-0.2, 0) is 21.1 Å². The summed E-state index contributed by atoms with van der Waals surface area (Å²) in [5.74, 6) is 0.621. The summed E-state index contributed by atoms with van der Waals surface area (Å²) in [5.41, 5.74) is 0.941. The first-order valence-corrected chi connectivity index (χ1v) is 10.0. The fourth-order valence-electron chi connectivity index (χ4n) is 3.07. The van der Waals surface area contributed by atoms with Crippen LogP contribution in [0, 0.1) is 4.78 Å². The Balaban J connectivity index is 1.89. The first-order valence-electron chi connectivity index (χ1n) is 7.27. The highest BCUT2D eigenvalue weighted by molar-refractivity contribution is 9.10. The molecule has 1 fully saturated rings. The Morgan fingerprint density at radius 1 is 1.45 bits per heavy atom. The lowest BCUT2D eigenvalue weighted by Gasteiger charge is -2.43. The third kappa shape index (κ3) is 2.54. The van der Waals surface area contributed by atoms with Crippen LogP contribution in [-0.4, -0.2) is 39.2 Å². The van der Waals surface area contributed by atoms with E-state index < -0.39 is 14.5 Å². The number of nitrogens with zero attached hydrogens (tertiary/aromatic N) is 1. The number of benzene rings is 1. The third-order valence-corrected chi connectivity index (χ3v) is 7.16. The van der Waals surface area contributed by atoms with E-state index in [2.05, 4.69) is 15.9 Å². The van der Waals surface area contributed by atoms with Crippen molar-refractivity contribution in [3.63, 3.8) is 0 Å². The minimum atomic E-state index is -2.91. The molecule has 1 aliphatic carbocycles. The number of amides is 1. The highest BCUT2D eigenvalue weighted by Crippen LogP contribution is 2.41. The van der Waals surface area contributed by atoms with Crippen LogP contribution in [0.15, 0.2) is 22.7 Å². The van der Waals surface area contributed by atoms with E-state index in [1.54, 1.807) is 4.90 Å². The molecule has 0 radical (unpaired) electrons. The summed E-state index contributed by atoms with van der Waals surface area (Å²) >= 11 is 3.41. The van der Waals surface area contributed by atoms with E-state index in [0.29, 0.717) is 32.5 Å². The van der Waals surface area contributed by atoms with E-state index in [1.165, 1.54) is 6.26 Å². The fraction of sp³-hybridized carbons (Fsp3) is 0.533. The molecule has 5 nitrogen and oxygen atoms in total. The van der Waals surface area contributed by atoms with Gasteiger partial charge in [-0.05, 0) is 31.4 Å². The molecule has 1 saturated carbocycles. The molecule has 22 heavy (non-hydrogen) atoms. The van der Waals surface area contributed by atoms with Gasteiger partial charge in [0, 0.05) is 22.8 Å². The molecule has 0 aromatic heterocycles. The Labute approximate surface area is 139 Å². The molecular weight excluding hydrogens is 368 g/mol. The number of halogens is 1. The van der Waals surface area contributed by atoms with Gasteiger partial charge in [0.2, 0.25) is 5.91 Å². The van der Waals surface area contributed by atoms with Crippen molar-refractivity contribution in [2.75, 3.05) is 19.4 Å². The van der Waals surface area contributed by atoms with E-state index in [-0.39, 0.29) is 5.91 Å². The van der Waals surface area contributed by atoms with Crippen LogP contribution in [0.2, 0.25) is 0 Å². The molecule has 120 valence electrons. The Morgan fingerprint density at radius 3 is 2.77 bits per heavy atom. The predicted molar refractivity (Wildman–Crippen MR) is 88.4 cm³/mol. The number of hydrogen-bond donors (Lipinski definition) is 1. The average Bonchev–Trinajstić information content (AvgIpc) is 2.57. The van der Waals surface area contributed by atoms with Gasteiger partial charge in [-0.15, -0.1) is 0 Å². The standard InChI is InChI=1S/C15H19BrN2O3S/c1-22(17,20)15(5-2-6-15)14(19)18-7-8-21-13-9-12(16)4-3-11(13)10-18/h3-4,9,17H,2,5-8,10H2,1H3. The zero-order valence-corrected chi connectivity index (χ0v) is 14.8. The molecule has 1 unspecified atom stereocenters. The van der Waals surface area contributed by atoms with Crippen molar-refractivity contribution in [1.82, 2.24) is 4.90 Å². The van der Waals surface area contributed by atoms with Crippen molar-refractivity contribution in [2.24, 2.45) is 0 Å². The lowest BCUT2D eigenvalue weighted by molar-refractivity contribution is -0.137. The molecule has 1 N–H and O–H groups in total. The van der Waals surface area contributed by atoms with Gasteiger partial charge in [0.05, 0.1) is 16.3 Å². The molecule has 1 aromatic rings. The van der Waals surface area contributed by atoms with Crippen LogP contribution in [0.3, 0.4) is 0 Å². The van der Waals surface area contributed by atoms with E-state index in [9.17, 15) is 9.00 Å². The number of nitrogens with one attached hydrogen (secondary N) is 1. The maximum atomic E-state index is 12.9. The predicted octanol–water partition coefficient (Wildman–Crippen LogP) is 2.77. The van der Waals surface area contributed by atoms with Gasteiger partial charge in [0.15, 0.2) is 0 Å². The minimum absolute atomic E-state index is 0.152. The van der Waals surface area contributed by atoms with Crippen LogP contribution < -0.4 is 4.74 Å². The smallest absolute Gasteiger partial charge is 0.242 e. The Hall–Kier alpha value is -1.08. The van der Waals surface area contributed by atoms with Gasteiger partial charge >= 0.3 is 0 Å². The topological polar surface area (TPSA) is 70.5 Å². The Morgan fingerprint density at radius 2 is 2.18 bits per heavy atom. The Kier molecular flexibility index (Phi) is 3.97. The first kappa shape index (κ1) is 15.8. The molecule has 0 saturated heterocycles. The average molecular weight is 387 g/mol. The van der Waals surface area contributed by atoms with E-state index in [1.807, 2.05) is 18.2 Å². The first-order chi connectivity index (χ1) is 10.3. The molecule has 0 spiro atoms. The van der Waals surface area contributed by atoms with Gasteiger partial charge in [0.25, 0.3) is 0 Å². The van der Waals surface area contributed by atoms with Crippen molar-refractivity contribution < 1.29 is 13.7 Å². The van der Waals surface area contributed by atoms with E-state index >= 15 is 0 Å². The summed E-state index contributed by atoms with van der Waals surface area (Å²) in [4.78, 5) is 14.6. The van der Waals surface area contributed by atoms with Crippen molar-refractivity contribution in [3.05, 3.63) is 28.2 Å². The monoisotopic (exact) mass is 386 g/mol. The van der Waals surface area contributed by atoms with Crippen molar-refractivity contribution in [2.45, 2.75) is 30.6 Å². The van der Waals surface area contributed by atoms with Gasteiger partial charge in [-0.2, -0.15) is 0 Å². The van der Waals surface area contributed by atoms with Gasteiger partial charge in [-0.25, -0.2) is 4.21 Å². The highest BCUT2D eigenvalue weighted by atomic mass is 79.9. The van der Waals surface area contributed by atoms with Crippen molar-refractivity contribution >= 4 is 31.6 Å². The summed E-state index contributed by atoms with van der Waals surface area (Å²) in [6, 6.07) is 5.75. The normalized spacial score (nSPS) is 22.5. The van der Waals surface area contributed by atoms with Crippen molar-refractivity contribution in [3.8, 4) is 5.75 Å². The minimum Gasteiger partial charge on any atom is -0.491 e. The second kappa shape index (κ2) is 5.53. The highest BCUT2D eigenvalue weighted by Gasteiger charge is 2.52. The number of fused-ring (bicyclic) bond motifs is 1. The maximum Gasteiger partial charge on any atom is 0.242 e. The van der Waals surface area contributed by atoms with Crippen molar-refractivity contribution in [1.29, 1.82) is 4.78 Å². The zero-order valence-electron chi connectivity index (χ0n) is 12.4. The molecule has 1 aliphatic heterocycles. The number of carbonyl (C=O) groups excluding carboxylic acids is 1. The number of ether oxygens (including phenoxy) is 1. The molecular formula is C15H19BrN2O3S. The van der Waals surface area contributed by atoms with Gasteiger partial charge in [0.1, 0.15) is 17.1 Å². The molecule has 1 amide bonds. The number of hydrogen-bond acceptors (Lipinski definition) is 4. The van der Waals surface area contributed by atoms with Gasteiger partial charge < -0.3 is 9.64 Å². The SMILES string of the molecule is CS(=N)(=O)C1(C(=O)N2CCOc3cc(Br)ccc3C2)CCC1. The largest absolute Gasteiger partial charge is 0.491 e. The van der Waals surface area contributed by atoms with Crippen LogP contribution in [0.4, 0.5) is 0 Å². The summed E-state index contributed by atoms with van der Waals surface area (Å²) in [7, 11) is -2.91. The lowest BCUT2D eigenvalue weighted by atomic mass is 9.83. The number of rotatable bonds is 2. The summed E-state index contributed by atoms with van der Waals surface area (Å²) < 4.78 is 25.9. The summed E-state index contributed by atoms with van der Waals surface area (Å²) in [6.07, 6.45) is 3.36. The maximum absolute atomic E-state index is 12.9. The third-order valence-electron chi connectivity index (χ3n) is 4.59. The van der Waals surface area contributed by atoms with Gasteiger partial charge in [-0.3, -0.25) is 9.57 Å². The molecule has 7 heteroatoms. The quantitative estimate of drug-likeness (QED) is 0.849. The number of carbonyl (C=O) groups is 1. The van der Waals surface area contributed by atoms with Gasteiger partial charge in [-0.1, -0.05) is 22.0 Å². The molecule has 1 atom stereocenters. The van der Waals surface area contributed by atoms with E-state index in [0.717, 1.165) is 22.2 Å². The van der Waals surface area contributed by atoms with Crippen LogP contribution in [0.25, 0.3) is 0 Å². The van der Waals surface area contributed by atoms with Crippen LogP contribution in [0.5, 0.6) is 5.75 Å². The molecule has 1 aromatic carbocycles. The molecule has 2 aliphatic rings. The molecule has 1 heterocycles. The van der Waals surface area contributed by atoms with Crippen LogP contribution in [0.1, 0.15) is 24.8 Å².